The van der Waals surface area contributed by atoms with Crippen molar-refractivity contribution in [2.75, 3.05) is 24.0 Å². The first-order valence-corrected chi connectivity index (χ1v) is 7.87. The fourth-order valence-corrected chi connectivity index (χ4v) is 2.43. The van der Waals surface area contributed by atoms with Crippen molar-refractivity contribution in [3.05, 3.63) is 45.9 Å². The quantitative estimate of drug-likeness (QED) is 0.501. The number of aryl methyl sites for hydroxylation is 1. The number of nitrogen functional groups attached to an aromatic ring is 1. The number of nitrogens with two attached hydrogens (primary N) is 1. The van der Waals surface area contributed by atoms with Gasteiger partial charge in [0, 0.05) is 18.3 Å². The van der Waals surface area contributed by atoms with Gasteiger partial charge < -0.3 is 16.5 Å². The summed E-state index contributed by atoms with van der Waals surface area (Å²) in [6.07, 6.45) is 0. The van der Waals surface area contributed by atoms with Gasteiger partial charge in [0.25, 0.3) is 11.5 Å². The lowest BCUT2D eigenvalue weighted by molar-refractivity contribution is -0.113. The van der Waals surface area contributed by atoms with Gasteiger partial charge in [-0.25, -0.2) is 0 Å². The van der Waals surface area contributed by atoms with Gasteiger partial charge in [-0.1, -0.05) is 17.8 Å². The highest BCUT2D eigenvalue weighted by Crippen LogP contribution is 2.14. The Kier molecular flexibility index (Phi) is 5.53. The predicted molar refractivity (Wildman–Crippen MR) is 90.4 cm³/mol. The summed E-state index contributed by atoms with van der Waals surface area (Å²) in [6, 6.07) is 6.53. The van der Waals surface area contributed by atoms with Gasteiger partial charge in [0.2, 0.25) is 11.1 Å². The molecule has 0 fully saturated rings. The van der Waals surface area contributed by atoms with Crippen LogP contribution in [0.5, 0.6) is 0 Å². The molecule has 0 atom stereocenters. The van der Waals surface area contributed by atoms with Crippen molar-refractivity contribution in [3.63, 3.8) is 0 Å². The molecule has 1 heterocycles. The van der Waals surface area contributed by atoms with Gasteiger partial charge >= 0.3 is 0 Å². The van der Waals surface area contributed by atoms with Crippen LogP contribution in [0, 0.1) is 6.92 Å². The van der Waals surface area contributed by atoms with E-state index in [-0.39, 0.29) is 28.4 Å². The van der Waals surface area contributed by atoms with Crippen LogP contribution in [-0.2, 0) is 4.79 Å². The van der Waals surface area contributed by atoms with Gasteiger partial charge in [-0.15, -0.1) is 10.2 Å². The summed E-state index contributed by atoms with van der Waals surface area (Å²) in [5, 5.41) is 12.8. The number of benzene rings is 1. The van der Waals surface area contributed by atoms with E-state index in [2.05, 4.69) is 20.8 Å². The minimum absolute atomic E-state index is 0.0153. The van der Waals surface area contributed by atoms with Crippen LogP contribution >= 0.6 is 11.8 Å². The summed E-state index contributed by atoms with van der Waals surface area (Å²) in [4.78, 5) is 35.2. The molecule has 1 aromatic carbocycles. The lowest BCUT2D eigenvalue weighted by Gasteiger charge is -2.08. The molecule has 10 heteroatoms. The molecule has 1 aromatic heterocycles. The number of rotatable bonds is 5. The highest BCUT2D eigenvalue weighted by Gasteiger charge is 2.11. The van der Waals surface area contributed by atoms with Crippen molar-refractivity contribution in [1.29, 1.82) is 0 Å². The molecule has 0 radical (unpaired) electrons. The summed E-state index contributed by atoms with van der Waals surface area (Å²) in [7, 11) is 1.53. The third kappa shape index (κ3) is 4.10. The monoisotopic (exact) mass is 348 g/mol. The zero-order chi connectivity index (χ0) is 17.7. The van der Waals surface area contributed by atoms with Crippen LogP contribution in [0.15, 0.2) is 34.2 Å². The standard InChI is InChI=1S/C14H16N6O3S/c1-8-13(23)20(15)14(19-18-8)24-7-11(21)17-10-5-3-4-9(6-10)12(22)16-2/h3-6H,7,15H2,1-2H3,(H,16,22)(H,17,21). The second kappa shape index (κ2) is 7.59. The highest BCUT2D eigenvalue weighted by atomic mass is 32.2. The van der Waals surface area contributed by atoms with Gasteiger partial charge in [-0.3, -0.25) is 14.4 Å². The van der Waals surface area contributed by atoms with Crippen LogP contribution in [-0.4, -0.2) is 39.5 Å². The molecule has 2 amide bonds. The maximum atomic E-state index is 12.0. The Morgan fingerprint density at radius 2 is 2.08 bits per heavy atom. The van der Waals surface area contributed by atoms with Crippen molar-refractivity contribution in [2.24, 2.45) is 0 Å². The van der Waals surface area contributed by atoms with E-state index in [1.165, 1.54) is 14.0 Å². The first kappa shape index (κ1) is 17.5. The molecule has 0 aliphatic carbocycles. The number of hydrogen-bond acceptors (Lipinski definition) is 7. The fraction of sp³-hybridized carbons (Fsp3) is 0.214. The van der Waals surface area contributed by atoms with Crippen LogP contribution in [0.4, 0.5) is 5.69 Å². The van der Waals surface area contributed by atoms with E-state index in [4.69, 9.17) is 5.84 Å². The molecule has 9 nitrogen and oxygen atoms in total. The zero-order valence-electron chi connectivity index (χ0n) is 13.1. The molecule has 0 aliphatic heterocycles. The Labute approximate surface area is 141 Å². The van der Waals surface area contributed by atoms with E-state index in [1.807, 2.05) is 0 Å². The summed E-state index contributed by atoms with van der Waals surface area (Å²) in [5.74, 6) is 5.00. The van der Waals surface area contributed by atoms with Gasteiger partial charge in [0.1, 0.15) is 5.69 Å². The molecule has 4 N–H and O–H groups in total. The Hall–Kier alpha value is -2.88. The van der Waals surface area contributed by atoms with Crippen molar-refractivity contribution < 1.29 is 9.59 Å². The van der Waals surface area contributed by atoms with Crippen molar-refractivity contribution in [1.82, 2.24) is 20.2 Å². The van der Waals surface area contributed by atoms with Gasteiger partial charge in [0.15, 0.2) is 0 Å². The SMILES string of the molecule is CNC(=O)c1cccc(NC(=O)CSc2nnc(C)c(=O)n2N)c1. The second-order valence-electron chi connectivity index (χ2n) is 4.74. The predicted octanol–water partition coefficient (Wildman–Crippen LogP) is -0.249. The van der Waals surface area contributed by atoms with Crippen LogP contribution in [0.3, 0.4) is 0 Å². The molecule has 2 aromatic rings. The topological polar surface area (TPSA) is 132 Å². The van der Waals surface area contributed by atoms with Crippen molar-refractivity contribution in [3.8, 4) is 0 Å². The van der Waals surface area contributed by atoms with E-state index in [9.17, 15) is 14.4 Å². The average Bonchev–Trinajstić information content (AvgIpc) is 2.58. The Morgan fingerprint density at radius 1 is 1.33 bits per heavy atom. The molecule has 0 saturated carbocycles. The van der Waals surface area contributed by atoms with Crippen molar-refractivity contribution in [2.45, 2.75) is 12.1 Å². The Bertz CT molecular complexity index is 835. The highest BCUT2D eigenvalue weighted by molar-refractivity contribution is 7.99. The normalized spacial score (nSPS) is 10.2. The number of aromatic nitrogens is 3. The lowest BCUT2D eigenvalue weighted by atomic mass is 10.2. The molecule has 0 spiro atoms. The van der Waals surface area contributed by atoms with Crippen LogP contribution in [0.2, 0.25) is 0 Å². The molecule has 2 rings (SSSR count). The first-order valence-electron chi connectivity index (χ1n) is 6.88. The number of carbonyl (C=O) groups excluding carboxylic acids is 2. The van der Waals surface area contributed by atoms with Gasteiger partial charge in [0.05, 0.1) is 5.75 Å². The molecular formula is C14H16N6O3S. The number of anilines is 1. The number of nitrogens with one attached hydrogen (secondary N) is 2. The van der Waals surface area contributed by atoms with E-state index in [0.717, 1.165) is 16.4 Å². The fourth-order valence-electron chi connectivity index (χ4n) is 1.78. The number of hydrogen-bond donors (Lipinski definition) is 3. The third-order valence-electron chi connectivity index (χ3n) is 2.99. The second-order valence-corrected chi connectivity index (χ2v) is 5.68. The van der Waals surface area contributed by atoms with Crippen LogP contribution in [0.25, 0.3) is 0 Å². The van der Waals surface area contributed by atoms with Gasteiger partial charge in [-0.05, 0) is 25.1 Å². The molecule has 126 valence electrons. The van der Waals surface area contributed by atoms with Gasteiger partial charge in [-0.2, -0.15) is 4.68 Å². The minimum atomic E-state index is -0.466. The third-order valence-corrected chi connectivity index (χ3v) is 3.93. The number of carbonyl (C=O) groups is 2. The average molecular weight is 348 g/mol. The minimum Gasteiger partial charge on any atom is -0.355 e. The van der Waals surface area contributed by atoms with E-state index in [0.29, 0.717) is 11.3 Å². The summed E-state index contributed by atoms with van der Waals surface area (Å²) in [6.45, 7) is 1.50. The molecular weight excluding hydrogens is 332 g/mol. The van der Waals surface area contributed by atoms with E-state index >= 15 is 0 Å². The summed E-state index contributed by atoms with van der Waals surface area (Å²) >= 11 is 0.985. The Balaban J connectivity index is 2.01. The first-order chi connectivity index (χ1) is 11.4. The summed E-state index contributed by atoms with van der Waals surface area (Å²) in [5.41, 5.74) is 0.633. The molecule has 0 aliphatic rings. The maximum absolute atomic E-state index is 12.0. The van der Waals surface area contributed by atoms with Crippen LogP contribution < -0.4 is 22.0 Å². The number of nitrogens with zero attached hydrogens (tertiary/aromatic N) is 3. The molecule has 0 unspecified atom stereocenters. The molecule has 0 bridgehead atoms. The van der Waals surface area contributed by atoms with E-state index in [1.54, 1.807) is 24.3 Å². The maximum Gasteiger partial charge on any atom is 0.294 e. The largest absolute Gasteiger partial charge is 0.355 e. The molecule has 24 heavy (non-hydrogen) atoms. The van der Waals surface area contributed by atoms with E-state index < -0.39 is 5.56 Å². The number of amides is 2. The zero-order valence-corrected chi connectivity index (χ0v) is 13.9. The van der Waals surface area contributed by atoms with Crippen molar-refractivity contribution >= 4 is 29.3 Å². The summed E-state index contributed by atoms with van der Waals surface area (Å²) < 4.78 is 0.854. The lowest BCUT2D eigenvalue weighted by Crippen LogP contribution is -2.32. The smallest absolute Gasteiger partial charge is 0.294 e. The Morgan fingerprint density at radius 3 is 2.79 bits per heavy atom. The number of thioether (sulfide) groups is 1. The van der Waals surface area contributed by atoms with Crippen LogP contribution in [0.1, 0.15) is 16.1 Å². The molecule has 0 saturated heterocycles.